The van der Waals surface area contributed by atoms with E-state index < -0.39 is 10.0 Å². The molecular formula is C22H27ClN4O3S. The Hall–Kier alpha value is -2.42. The van der Waals surface area contributed by atoms with Gasteiger partial charge in [-0.2, -0.15) is 4.31 Å². The number of anilines is 1. The number of imidazole rings is 1. The van der Waals surface area contributed by atoms with Gasteiger partial charge in [-0.05, 0) is 49.4 Å². The van der Waals surface area contributed by atoms with Gasteiger partial charge < -0.3 is 9.88 Å². The summed E-state index contributed by atoms with van der Waals surface area (Å²) in [4.78, 5) is 17.2. The van der Waals surface area contributed by atoms with E-state index in [2.05, 4.69) is 10.3 Å². The Kier molecular flexibility index (Phi) is 7.35. The van der Waals surface area contributed by atoms with Gasteiger partial charge in [-0.15, -0.1) is 0 Å². The van der Waals surface area contributed by atoms with Crippen LogP contribution in [0, 0.1) is 0 Å². The van der Waals surface area contributed by atoms with E-state index in [9.17, 15) is 13.2 Å². The minimum Gasteiger partial charge on any atom is -0.328 e. The van der Waals surface area contributed by atoms with Crippen LogP contribution in [0.1, 0.15) is 33.0 Å². The van der Waals surface area contributed by atoms with E-state index in [1.807, 2.05) is 25.3 Å². The lowest BCUT2D eigenvalue weighted by atomic mass is 10.2. The summed E-state index contributed by atoms with van der Waals surface area (Å²) >= 11 is 5.87. The van der Waals surface area contributed by atoms with Crippen LogP contribution in [0.15, 0.2) is 47.4 Å². The number of carbonyl (C=O) groups excluding carboxylic acids is 1. The summed E-state index contributed by atoms with van der Waals surface area (Å²) in [6.07, 6.45) is 0.705. The van der Waals surface area contributed by atoms with Crippen molar-refractivity contribution in [1.29, 1.82) is 0 Å². The van der Waals surface area contributed by atoms with Crippen molar-refractivity contribution >= 4 is 44.3 Å². The number of aromatic nitrogens is 2. The summed E-state index contributed by atoms with van der Waals surface area (Å²) in [7, 11) is -3.56. The molecule has 0 unspecified atom stereocenters. The summed E-state index contributed by atoms with van der Waals surface area (Å²) < 4.78 is 29.1. The lowest BCUT2D eigenvalue weighted by molar-refractivity contribution is -0.116. The molecule has 0 radical (unpaired) electrons. The van der Waals surface area contributed by atoms with E-state index in [4.69, 9.17) is 11.6 Å². The van der Waals surface area contributed by atoms with Gasteiger partial charge in [-0.3, -0.25) is 4.79 Å². The van der Waals surface area contributed by atoms with Crippen LogP contribution in [0.3, 0.4) is 0 Å². The van der Waals surface area contributed by atoms with Gasteiger partial charge in [0.05, 0.1) is 15.9 Å². The molecule has 7 nitrogen and oxygen atoms in total. The molecule has 1 amide bonds. The van der Waals surface area contributed by atoms with Crippen LogP contribution in [-0.2, 0) is 27.8 Å². The summed E-state index contributed by atoms with van der Waals surface area (Å²) in [6.45, 7) is 7.13. The Bertz CT molecular complexity index is 1170. The fourth-order valence-electron chi connectivity index (χ4n) is 3.56. The van der Waals surface area contributed by atoms with Gasteiger partial charge in [-0.1, -0.05) is 25.4 Å². The zero-order valence-corrected chi connectivity index (χ0v) is 19.5. The standard InChI is InChI=1S/C22H27ClN4O3S/c1-4-26(5-2)31(29,30)18-11-12-20-19(15-18)25-21(27(20)6-3)13-14-22(28)24-17-9-7-16(23)8-10-17/h7-12,15H,4-6,13-14H2,1-3H3,(H,24,28). The fraction of sp³-hybridized carbons (Fsp3) is 0.364. The largest absolute Gasteiger partial charge is 0.328 e. The van der Waals surface area contributed by atoms with E-state index in [1.54, 1.807) is 42.5 Å². The average molecular weight is 463 g/mol. The molecule has 2 aromatic carbocycles. The van der Waals surface area contributed by atoms with Crippen LogP contribution in [0.25, 0.3) is 11.0 Å². The van der Waals surface area contributed by atoms with Gasteiger partial charge in [0, 0.05) is 43.2 Å². The topological polar surface area (TPSA) is 84.3 Å². The van der Waals surface area contributed by atoms with E-state index in [-0.39, 0.29) is 17.2 Å². The van der Waals surface area contributed by atoms with Gasteiger partial charge >= 0.3 is 0 Å². The molecular weight excluding hydrogens is 436 g/mol. The zero-order valence-electron chi connectivity index (χ0n) is 17.9. The van der Waals surface area contributed by atoms with Crippen LogP contribution in [-0.4, -0.2) is 41.3 Å². The van der Waals surface area contributed by atoms with Crippen molar-refractivity contribution in [3.63, 3.8) is 0 Å². The summed E-state index contributed by atoms with van der Waals surface area (Å²) in [6, 6.07) is 12.0. The normalized spacial score (nSPS) is 11.9. The van der Waals surface area contributed by atoms with Crippen LogP contribution in [0.2, 0.25) is 5.02 Å². The molecule has 0 fully saturated rings. The van der Waals surface area contributed by atoms with Crippen molar-refractivity contribution < 1.29 is 13.2 Å². The van der Waals surface area contributed by atoms with E-state index in [0.29, 0.717) is 42.3 Å². The monoisotopic (exact) mass is 462 g/mol. The lowest BCUT2D eigenvalue weighted by Gasteiger charge is -2.18. The molecule has 9 heteroatoms. The van der Waals surface area contributed by atoms with Crippen molar-refractivity contribution in [2.24, 2.45) is 0 Å². The molecule has 0 aliphatic heterocycles. The van der Waals surface area contributed by atoms with Gasteiger partial charge in [0.2, 0.25) is 15.9 Å². The number of sulfonamides is 1. The van der Waals surface area contributed by atoms with Crippen LogP contribution >= 0.6 is 11.6 Å². The molecule has 166 valence electrons. The second-order valence-corrected chi connectivity index (χ2v) is 9.44. The Morgan fingerprint density at radius 3 is 2.39 bits per heavy atom. The molecule has 3 rings (SSSR count). The molecule has 0 bridgehead atoms. The lowest BCUT2D eigenvalue weighted by Crippen LogP contribution is -2.30. The molecule has 31 heavy (non-hydrogen) atoms. The molecule has 0 atom stereocenters. The van der Waals surface area contributed by atoms with Crippen LogP contribution < -0.4 is 5.32 Å². The third kappa shape index (κ3) is 5.08. The van der Waals surface area contributed by atoms with Crippen molar-refractivity contribution in [1.82, 2.24) is 13.9 Å². The van der Waals surface area contributed by atoms with Crippen LogP contribution in [0.4, 0.5) is 5.69 Å². The minimum absolute atomic E-state index is 0.123. The first-order valence-corrected chi connectivity index (χ1v) is 12.2. The molecule has 1 heterocycles. The molecule has 0 aliphatic rings. The summed E-state index contributed by atoms with van der Waals surface area (Å²) in [5, 5.41) is 3.45. The predicted octanol–water partition coefficient (Wildman–Crippen LogP) is 4.31. The molecule has 0 saturated heterocycles. The molecule has 3 aromatic rings. The number of aryl methyl sites for hydroxylation is 2. The molecule has 0 spiro atoms. The second kappa shape index (κ2) is 9.80. The summed E-state index contributed by atoms with van der Waals surface area (Å²) in [5.41, 5.74) is 2.15. The Labute approximate surface area is 188 Å². The van der Waals surface area contributed by atoms with Crippen molar-refractivity contribution in [2.45, 2.75) is 45.1 Å². The highest BCUT2D eigenvalue weighted by atomic mass is 35.5. The highest BCUT2D eigenvalue weighted by Crippen LogP contribution is 2.24. The van der Waals surface area contributed by atoms with Crippen molar-refractivity contribution in [3.8, 4) is 0 Å². The van der Waals surface area contributed by atoms with Gasteiger partial charge in [-0.25, -0.2) is 13.4 Å². The number of hydrogen-bond donors (Lipinski definition) is 1. The smallest absolute Gasteiger partial charge is 0.243 e. The third-order valence-electron chi connectivity index (χ3n) is 5.16. The quantitative estimate of drug-likeness (QED) is 0.513. The Morgan fingerprint density at radius 1 is 1.10 bits per heavy atom. The zero-order chi connectivity index (χ0) is 22.6. The maximum atomic E-state index is 12.8. The maximum Gasteiger partial charge on any atom is 0.243 e. The SMILES string of the molecule is CCN(CC)S(=O)(=O)c1ccc2c(c1)nc(CCC(=O)Nc1ccc(Cl)cc1)n2CC. The van der Waals surface area contributed by atoms with Gasteiger partial charge in [0.1, 0.15) is 5.82 Å². The molecule has 1 aromatic heterocycles. The summed E-state index contributed by atoms with van der Waals surface area (Å²) in [5.74, 6) is 0.628. The van der Waals surface area contributed by atoms with E-state index in [0.717, 1.165) is 11.3 Å². The Balaban J connectivity index is 1.81. The van der Waals surface area contributed by atoms with E-state index in [1.165, 1.54) is 4.31 Å². The number of carbonyl (C=O) groups is 1. The third-order valence-corrected chi connectivity index (χ3v) is 7.46. The average Bonchev–Trinajstić information content (AvgIpc) is 3.11. The fourth-order valence-corrected chi connectivity index (χ4v) is 5.16. The first-order valence-electron chi connectivity index (χ1n) is 10.3. The number of rotatable bonds is 9. The second-order valence-electron chi connectivity index (χ2n) is 7.07. The van der Waals surface area contributed by atoms with Gasteiger partial charge in [0.15, 0.2) is 0 Å². The van der Waals surface area contributed by atoms with Crippen LogP contribution in [0.5, 0.6) is 0 Å². The molecule has 1 N–H and O–H groups in total. The first kappa shape index (κ1) is 23.2. The highest BCUT2D eigenvalue weighted by molar-refractivity contribution is 7.89. The minimum atomic E-state index is -3.56. The van der Waals surface area contributed by atoms with Gasteiger partial charge in [0.25, 0.3) is 0 Å². The molecule has 0 saturated carbocycles. The Morgan fingerprint density at radius 2 is 1.77 bits per heavy atom. The maximum absolute atomic E-state index is 12.8. The number of nitrogens with zero attached hydrogens (tertiary/aromatic N) is 3. The number of amides is 1. The first-order chi connectivity index (χ1) is 14.8. The number of halogens is 1. The van der Waals surface area contributed by atoms with Crippen molar-refractivity contribution in [3.05, 3.63) is 53.3 Å². The van der Waals surface area contributed by atoms with E-state index >= 15 is 0 Å². The number of hydrogen-bond acceptors (Lipinski definition) is 4. The number of fused-ring (bicyclic) bond motifs is 1. The molecule has 0 aliphatic carbocycles. The number of nitrogens with one attached hydrogen (secondary N) is 1. The highest BCUT2D eigenvalue weighted by Gasteiger charge is 2.23. The van der Waals surface area contributed by atoms with Crippen molar-refractivity contribution in [2.75, 3.05) is 18.4 Å². The predicted molar refractivity (Wildman–Crippen MR) is 124 cm³/mol. The number of benzene rings is 2.